The number of hydrogen-bond donors (Lipinski definition) is 2. The van der Waals surface area contributed by atoms with Crippen LogP contribution in [0.3, 0.4) is 0 Å². The van der Waals surface area contributed by atoms with Gasteiger partial charge in [-0.15, -0.1) is 5.10 Å². The molecule has 1 fully saturated rings. The van der Waals surface area contributed by atoms with Gasteiger partial charge in [-0.2, -0.15) is 4.68 Å². The van der Waals surface area contributed by atoms with E-state index in [0.29, 0.717) is 23.8 Å². The maximum Gasteiger partial charge on any atom is 0.321 e. The molecule has 2 N–H and O–H groups in total. The molecule has 2 aromatic rings. The van der Waals surface area contributed by atoms with Crippen molar-refractivity contribution in [1.29, 1.82) is 0 Å². The van der Waals surface area contributed by atoms with E-state index in [4.69, 9.17) is 0 Å². The summed E-state index contributed by atoms with van der Waals surface area (Å²) in [6.45, 7) is 2.71. The third kappa shape index (κ3) is 3.96. The van der Waals surface area contributed by atoms with E-state index in [1.165, 1.54) is 11.8 Å². The van der Waals surface area contributed by atoms with Crippen molar-refractivity contribution < 1.29 is 14.7 Å². The molecule has 9 nitrogen and oxygen atoms in total. The number of aliphatic carboxylic acids is 1. The summed E-state index contributed by atoms with van der Waals surface area (Å²) in [5.74, 6) is -1.24. The van der Waals surface area contributed by atoms with Crippen molar-refractivity contribution in [3.8, 4) is 5.69 Å². The fourth-order valence-corrected chi connectivity index (χ4v) is 3.52. The highest BCUT2D eigenvalue weighted by atomic mass is 32.2. The van der Waals surface area contributed by atoms with Crippen molar-refractivity contribution in [2.24, 2.45) is 11.8 Å². The van der Waals surface area contributed by atoms with Crippen molar-refractivity contribution in [2.75, 3.05) is 24.7 Å². The van der Waals surface area contributed by atoms with Crippen molar-refractivity contribution in [3.05, 3.63) is 24.3 Å². The minimum atomic E-state index is -0.861. The lowest BCUT2D eigenvalue weighted by molar-refractivity contribution is -0.143. The van der Waals surface area contributed by atoms with Crippen LogP contribution in [0.25, 0.3) is 5.69 Å². The lowest BCUT2D eigenvalue weighted by Gasteiger charge is -2.34. The van der Waals surface area contributed by atoms with Crippen molar-refractivity contribution in [2.45, 2.75) is 18.5 Å². The first kappa shape index (κ1) is 18.2. The second-order valence-electron chi connectivity index (χ2n) is 6.34. The Bertz CT molecular complexity index is 811. The Morgan fingerprint density at radius 1 is 1.35 bits per heavy atom. The molecule has 0 bridgehead atoms. The normalized spacial score (nSPS) is 20.0. The summed E-state index contributed by atoms with van der Waals surface area (Å²) in [6, 6.07) is 6.88. The minimum Gasteiger partial charge on any atom is -0.481 e. The SMILES string of the molecule is CSc1nnnn1-c1cccc(NC(=O)N2CC(C)CC(C(=O)O)C2)c1. The van der Waals surface area contributed by atoms with Crippen LogP contribution in [-0.2, 0) is 4.79 Å². The van der Waals surface area contributed by atoms with Crippen LogP contribution in [0, 0.1) is 11.8 Å². The first-order valence-corrected chi connectivity index (χ1v) is 9.42. The van der Waals surface area contributed by atoms with Gasteiger partial charge >= 0.3 is 12.0 Å². The molecule has 10 heteroatoms. The van der Waals surface area contributed by atoms with Gasteiger partial charge in [0.15, 0.2) is 0 Å². The number of amides is 2. The highest BCUT2D eigenvalue weighted by Gasteiger charge is 2.31. The molecule has 26 heavy (non-hydrogen) atoms. The van der Waals surface area contributed by atoms with Crippen LogP contribution >= 0.6 is 11.8 Å². The van der Waals surface area contributed by atoms with E-state index in [1.807, 2.05) is 19.2 Å². The zero-order chi connectivity index (χ0) is 18.7. The van der Waals surface area contributed by atoms with Crippen molar-refractivity contribution in [3.63, 3.8) is 0 Å². The number of hydrogen-bond acceptors (Lipinski definition) is 6. The van der Waals surface area contributed by atoms with Crippen LogP contribution < -0.4 is 5.32 Å². The summed E-state index contributed by atoms with van der Waals surface area (Å²) in [7, 11) is 0. The van der Waals surface area contributed by atoms with E-state index in [1.54, 1.807) is 27.8 Å². The number of carboxylic acid groups (broad SMARTS) is 1. The number of carboxylic acids is 1. The van der Waals surface area contributed by atoms with E-state index in [0.717, 1.165) is 5.69 Å². The Hall–Kier alpha value is -2.62. The minimum absolute atomic E-state index is 0.146. The highest BCUT2D eigenvalue weighted by Crippen LogP contribution is 2.23. The molecule has 0 saturated carbocycles. The van der Waals surface area contributed by atoms with Gasteiger partial charge in [-0.1, -0.05) is 24.8 Å². The fraction of sp³-hybridized carbons (Fsp3) is 0.438. The molecule has 138 valence electrons. The number of aromatic nitrogens is 4. The second kappa shape index (κ2) is 7.73. The predicted octanol–water partition coefficient (Wildman–Crippen LogP) is 1.96. The summed E-state index contributed by atoms with van der Waals surface area (Å²) in [4.78, 5) is 25.4. The summed E-state index contributed by atoms with van der Waals surface area (Å²) in [5, 5.41) is 24.3. The Labute approximate surface area is 154 Å². The number of carbonyl (C=O) groups is 2. The van der Waals surface area contributed by atoms with Crippen LogP contribution in [0.5, 0.6) is 0 Å². The van der Waals surface area contributed by atoms with Gasteiger partial charge in [-0.25, -0.2) is 4.79 Å². The molecule has 1 aromatic carbocycles. The monoisotopic (exact) mass is 376 g/mol. The first-order valence-electron chi connectivity index (χ1n) is 8.19. The summed E-state index contributed by atoms with van der Waals surface area (Å²) in [5.41, 5.74) is 1.33. The van der Waals surface area contributed by atoms with Gasteiger partial charge < -0.3 is 15.3 Å². The lowest BCUT2D eigenvalue weighted by atomic mass is 9.91. The summed E-state index contributed by atoms with van der Waals surface area (Å²) in [6.07, 6.45) is 2.47. The van der Waals surface area contributed by atoms with E-state index < -0.39 is 11.9 Å². The molecular weight excluding hydrogens is 356 g/mol. The predicted molar refractivity (Wildman–Crippen MR) is 96.4 cm³/mol. The number of likely N-dealkylation sites (tertiary alicyclic amines) is 1. The zero-order valence-corrected chi connectivity index (χ0v) is 15.3. The quantitative estimate of drug-likeness (QED) is 0.784. The van der Waals surface area contributed by atoms with Crippen LogP contribution in [0.15, 0.2) is 29.4 Å². The second-order valence-corrected chi connectivity index (χ2v) is 7.11. The molecular formula is C16H20N6O3S. The van der Waals surface area contributed by atoms with Gasteiger partial charge in [0.1, 0.15) is 0 Å². The summed E-state index contributed by atoms with van der Waals surface area (Å²) >= 11 is 1.42. The molecule has 2 unspecified atom stereocenters. The van der Waals surface area contributed by atoms with Gasteiger partial charge in [0.25, 0.3) is 0 Å². The maximum absolute atomic E-state index is 12.6. The Morgan fingerprint density at radius 3 is 2.88 bits per heavy atom. The molecule has 0 spiro atoms. The number of thioether (sulfide) groups is 1. The third-order valence-electron chi connectivity index (χ3n) is 4.26. The molecule has 1 aliphatic heterocycles. The number of anilines is 1. The van der Waals surface area contributed by atoms with Gasteiger partial charge in [0.05, 0.1) is 11.6 Å². The van der Waals surface area contributed by atoms with Gasteiger partial charge in [-0.05, 0) is 47.2 Å². The lowest BCUT2D eigenvalue weighted by Crippen LogP contribution is -2.47. The molecule has 1 saturated heterocycles. The Morgan fingerprint density at radius 2 is 2.15 bits per heavy atom. The average molecular weight is 376 g/mol. The van der Waals surface area contributed by atoms with Crippen LogP contribution in [-0.4, -0.2) is 61.6 Å². The zero-order valence-electron chi connectivity index (χ0n) is 14.5. The number of tetrazole rings is 1. The number of piperidine rings is 1. The Kier molecular flexibility index (Phi) is 5.40. The first-order chi connectivity index (χ1) is 12.5. The standard InChI is InChI=1S/C16H20N6O3S/c1-10-6-11(14(23)24)9-21(8-10)15(25)17-12-4-3-5-13(7-12)22-16(26-2)18-19-20-22/h3-5,7,10-11H,6,8-9H2,1-2H3,(H,17,25)(H,23,24). The number of rotatable bonds is 4. The number of nitrogens with zero attached hydrogens (tertiary/aromatic N) is 5. The largest absolute Gasteiger partial charge is 0.481 e. The molecule has 0 radical (unpaired) electrons. The van der Waals surface area contributed by atoms with Gasteiger partial charge in [-0.3, -0.25) is 4.79 Å². The molecule has 2 atom stereocenters. The number of carbonyl (C=O) groups excluding carboxylic acids is 1. The van der Waals surface area contributed by atoms with Crippen LogP contribution in [0.1, 0.15) is 13.3 Å². The van der Waals surface area contributed by atoms with Gasteiger partial charge in [0, 0.05) is 18.8 Å². The van der Waals surface area contributed by atoms with E-state index in [2.05, 4.69) is 20.8 Å². The highest BCUT2D eigenvalue weighted by molar-refractivity contribution is 7.98. The van der Waals surface area contributed by atoms with Crippen LogP contribution in [0.4, 0.5) is 10.5 Å². The molecule has 2 amide bonds. The third-order valence-corrected chi connectivity index (χ3v) is 4.88. The molecule has 3 rings (SSSR count). The van der Waals surface area contributed by atoms with Crippen molar-refractivity contribution in [1.82, 2.24) is 25.1 Å². The fourth-order valence-electron chi connectivity index (χ4n) is 3.08. The van der Waals surface area contributed by atoms with Crippen molar-refractivity contribution >= 4 is 29.4 Å². The molecule has 1 aliphatic rings. The number of nitrogens with one attached hydrogen (secondary N) is 1. The molecule has 2 heterocycles. The maximum atomic E-state index is 12.6. The van der Waals surface area contributed by atoms with Gasteiger partial charge in [0.2, 0.25) is 5.16 Å². The summed E-state index contributed by atoms with van der Waals surface area (Å²) < 4.78 is 1.59. The Balaban J connectivity index is 1.73. The topological polar surface area (TPSA) is 113 Å². The average Bonchev–Trinajstić information content (AvgIpc) is 3.10. The van der Waals surface area contributed by atoms with E-state index in [-0.39, 0.29) is 18.5 Å². The number of urea groups is 1. The smallest absolute Gasteiger partial charge is 0.321 e. The molecule has 0 aliphatic carbocycles. The van der Waals surface area contributed by atoms with E-state index >= 15 is 0 Å². The van der Waals surface area contributed by atoms with E-state index in [9.17, 15) is 14.7 Å². The molecule has 1 aromatic heterocycles. The number of benzene rings is 1. The van der Waals surface area contributed by atoms with Crippen LogP contribution in [0.2, 0.25) is 0 Å².